The Morgan fingerprint density at radius 3 is 2.43 bits per heavy atom. The predicted molar refractivity (Wildman–Crippen MR) is 134 cm³/mol. The van der Waals surface area contributed by atoms with Gasteiger partial charge >= 0.3 is 0 Å². The van der Waals surface area contributed by atoms with Crippen molar-refractivity contribution in [1.29, 1.82) is 5.41 Å². The quantitative estimate of drug-likeness (QED) is 0.129. The lowest BCUT2D eigenvalue weighted by atomic mass is 9.85. The summed E-state index contributed by atoms with van der Waals surface area (Å²) in [5, 5.41) is 13.5. The lowest BCUT2D eigenvalue weighted by molar-refractivity contribution is -0.0361. The minimum atomic E-state index is -2.64. The molecule has 3 aromatic rings. The molecule has 0 saturated heterocycles. The molecule has 13 heteroatoms. The monoisotopic (exact) mass is 538 g/mol. The van der Waals surface area contributed by atoms with Gasteiger partial charge in [0.25, 0.3) is 0 Å². The Labute approximate surface area is 215 Å². The number of nitrogens with one attached hydrogen (secondary N) is 3. The summed E-state index contributed by atoms with van der Waals surface area (Å²) in [5.74, 6) is -3.48. The van der Waals surface area contributed by atoms with Gasteiger partial charge in [-0.25, -0.2) is 27.5 Å². The fourth-order valence-corrected chi connectivity index (χ4v) is 5.30. The third-order valence-corrected chi connectivity index (χ3v) is 7.53. The van der Waals surface area contributed by atoms with E-state index in [9.17, 15) is 17.6 Å². The standard InChI is InChI=1S/C24H27ClF4N8/c25-15-9-17(27)18(10-16(15)26)34-23-35-19-11-32-22(33-13-5-7-24(28,29)8-6-13)36-21(19)37(23)14-3-1-12(2-4-14)20(30)31/h9-14H,1-8H2,(H3,30,31)(H,34,35)(H,32,33,36). The van der Waals surface area contributed by atoms with E-state index in [0.717, 1.165) is 12.1 Å². The van der Waals surface area contributed by atoms with Crippen molar-refractivity contribution in [2.75, 3.05) is 10.6 Å². The van der Waals surface area contributed by atoms with Crippen molar-refractivity contribution in [3.05, 3.63) is 35.0 Å². The number of anilines is 3. The number of rotatable bonds is 6. The molecule has 2 aliphatic rings. The molecule has 2 aromatic heterocycles. The van der Waals surface area contributed by atoms with E-state index in [2.05, 4.69) is 25.6 Å². The fraction of sp³-hybridized carbons (Fsp3) is 0.500. The van der Waals surface area contributed by atoms with Crippen LogP contribution in [-0.2, 0) is 0 Å². The van der Waals surface area contributed by atoms with Gasteiger partial charge in [-0.15, -0.1) is 0 Å². The first-order valence-corrected chi connectivity index (χ1v) is 12.6. The minimum Gasteiger partial charge on any atom is -0.387 e. The highest BCUT2D eigenvalue weighted by atomic mass is 35.5. The Bertz CT molecular complexity index is 1310. The van der Waals surface area contributed by atoms with Crippen LogP contribution in [0.3, 0.4) is 0 Å². The van der Waals surface area contributed by atoms with Crippen LogP contribution in [0.1, 0.15) is 57.4 Å². The predicted octanol–water partition coefficient (Wildman–Crippen LogP) is 6.16. The Morgan fingerprint density at radius 1 is 1.05 bits per heavy atom. The van der Waals surface area contributed by atoms with Crippen LogP contribution in [0.4, 0.5) is 35.1 Å². The van der Waals surface area contributed by atoms with Crippen molar-refractivity contribution in [2.45, 2.75) is 69.4 Å². The molecule has 37 heavy (non-hydrogen) atoms. The van der Waals surface area contributed by atoms with Crippen LogP contribution in [0.5, 0.6) is 0 Å². The van der Waals surface area contributed by atoms with Crippen molar-refractivity contribution < 1.29 is 17.6 Å². The highest BCUT2D eigenvalue weighted by Gasteiger charge is 2.35. The number of aromatic nitrogens is 4. The second-order valence-corrected chi connectivity index (χ2v) is 10.2. The number of nitrogens with zero attached hydrogens (tertiary/aromatic N) is 4. The number of halogens is 5. The first-order chi connectivity index (χ1) is 17.6. The lowest BCUT2D eigenvalue weighted by Gasteiger charge is -2.30. The highest BCUT2D eigenvalue weighted by Crippen LogP contribution is 2.38. The molecule has 2 fully saturated rings. The van der Waals surface area contributed by atoms with Gasteiger partial charge in [-0.2, -0.15) is 4.98 Å². The molecule has 0 unspecified atom stereocenters. The Kier molecular flexibility index (Phi) is 6.86. The summed E-state index contributed by atoms with van der Waals surface area (Å²) >= 11 is 5.70. The molecule has 0 amide bonds. The van der Waals surface area contributed by atoms with Crippen molar-refractivity contribution in [1.82, 2.24) is 19.5 Å². The average Bonchev–Trinajstić information content (AvgIpc) is 3.21. The topological polar surface area (TPSA) is 118 Å². The van der Waals surface area contributed by atoms with Crippen LogP contribution in [-0.4, -0.2) is 37.3 Å². The second kappa shape index (κ2) is 9.96. The Balaban J connectivity index is 1.48. The molecule has 8 nitrogen and oxygen atoms in total. The normalized spacial score (nSPS) is 22.2. The van der Waals surface area contributed by atoms with E-state index < -0.39 is 17.6 Å². The van der Waals surface area contributed by atoms with Gasteiger partial charge in [-0.1, -0.05) is 11.6 Å². The molecule has 198 valence electrons. The second-order valence-electron chi connectivity index (χ2n) is 9.81. The summed E-state index contributed by atoms with van der Waals surface area (Å²) < 4.78 is 57.6. The average molecular weight is 539 g/mol. The number of fused-ring (bicyclic) bond motifs is 1. The lowest BCUT2D eigenvalue weighted by Crippen LogP contribution is -2.32. The molecular weight excluding hydrogens is 512 g/mol. The molecule has 2 heterocycles. The fourth-order valence-electron chi connectivity index (χ4n) is 5.15. The van der Waals surface area contributed by atoms with Gasteiger partial charge in [0.1, 0.15) is 17.2 Å². The van der Waals surface area contributed by atoms with Gasteiger partial charge in [0, 0.05) is 36.9 Å². The maximum Gasteiger partial charge on any atom is 0.248 e. The van der Waals surface area contributed by atoms with Gasteiger partial charge < -0.3 is 16.4 Å². The van der Waals surface area contributed by atoms with Crippen molar-refractivity contribution in [3.63, 3.8) is 0 Å². The van der Waals surface area contributed by atoms with Crippen LogP contribution in [0.15, 0.2) is 18.3 Å². The molecule has 0 spiro atoms. The van der Waals surface area contributed by atoms with Crippen molar-refractivity contribution >= 4 is 46.2 Å². The van der Waals surface area contributed by atoms with Gasteiger partial charge in [-0.3, -0.25) is 9.98 Å². The zero-order valence-corrected chi connectivity index (χ0v) is 20.6. The highest BCUT2D eigenvalue weighted by molar-refractivity contribution is 6.30. The number of nitrogens with two attached hydrogens (primary N) is 1. The van der Waals surface area contributed by atoms with Crippen molar-refractivity contribution in [2.24, 2.45) is 11.7 Å². The van der Waals surface area contributed by atoms with Crippen LogP contribution in [0.25, 0.3) is 11.2 Å². The molecule has 2 saturated carbocycles. The molecule has 5 rings (SSSR count). The van der Waals surface area contributed by atoms with E-state index in [-0.39, 0.29) is 59.3 Å². The Morgan fingerprint density at radius 2 is 1.76 bits per heavy atom. The first kappa shape index (κ1) is 25.5. The largest absolute Gasteiger partial charge is 0.387 e. The van der Waals surface area contributed by atoms with E-state index in [0.29, 0.717) is 49.7 Å². The van der Waals surface area contributed by atoms with Gasteiger partial charge in [0.05, 0.1) is 22.7 Å². The number of benzene rings is 1. The van der Waals surface area contributed by atoms with Gasteiger partial charge in [0.2, 0.25) is 17.8 Å². The van der Waals surface area contributed by atoms with E-state index in [1.807, 2.05) is 4.57 Å². The zero-order valence-electron chi connectivity index (χ0n) is 19.9. The van der Waals surface area contributed by atoms with Crippen LogP contribution >= 0.6 is 11.6 Å². The Hall–Kier alpha value is -3.15. The SMILES string of the molecule is N=C(N)C1CCC(n2c(Nc3cc(F)c(Cl)cc3F)nc3cnc(NC4CCC(F)(F)CC4)nc32)CC1. The molecule has 2 aliphatic carbocycles. The third kappa shape index (κ3) is 5.43. The molecule has 0 aliphatic heterocycles. The molecule has 0 radical (unpaired) electrons. The van der Waals surface area contributed by atoms with Crippen LogP contribution < -0.4 is 16.4 Å². The number of hydrogen-bond donors (Lipinski definition) is 4. The summed E-state index contributed by atoms with van der Waals surface area (Å²) in [4.78, 5) is 13.5. The summed E-state index contributed by atoms with van der Waals surface area (Å²) in [5.41, 5.74) is 6.49. The van der Waals surface area contributed by atoms with Gasteiger partial charge in [0.15, 0.2) is 5.65 Å². The maximum absolute atomic E-state index is 14.6. The summed E-state index contributed by atoms with van der Waals surface area (Å²) in [6.45, 7) is 0. The number of imidazole rings is 1. The molecule has 0 bridgehead atoms. The van der Waals surface area contributed by atoms with Gasteiger partial charge in [-0.05, 0) is 44.6 Å². The zero-order chi connectivity index (χ0) is 26.3. The molecule has 5 N–H and O–H groups in total. The van der Waals surface area contributed by atoms with Crippen LogP contribution in [0.2, 0.25) is 5.02 Å². The smallest absolute Gasteiger partial charge is 0.248 e. The van der Waals surface area contributed by atoms with E-state index in [4.69, 9.17) is 22.7 Å². The summed E-state index contributed by atoms with van der Waals surface area (Å²) in [6.07, 6.45) is 4.46. The molecule has 0 atom stereocenters. The van der Waals surface area contributed by atoms with E-state index in [1.54, 1.807) is 0 Å². The first-order valence-electron chi connectivity index (χ1n) is 12.2. The van der Waals surface area contributed by atoms with Crippen molar-refractivity contribution in [3.8, 4) is 0 Å². The van der Waals surface area contributed by atoms with E-state index in [1.165, 1.54) is 6.20 Å². The number of alkyl halides is 2. The number of hydrogen-bond acceptors (Lipinski definition) is 6. The molecule has 1 aromatic carbocycles. The minimum absolute atomic E-state index is 0.0125. The van der Waals surface area contributed by atoms with E-state index >= 15 is 0 Å². The summed E-state index contributed by atoms with van der Waals surface area (Å²) in [7, 11) is 0. The number of amidine groups is 1. The molecular formula is C24H27ClF4N8. The maximum atomic E-state index is 14.6. The van der Waals surface area contributed by atoms with Crippen LogP contribution in [0, 0.1) is 23.0 Å². The summed E-state index contributed by atoms with van der Waals surface area (Å²) in [6, 6.07) is 1.58. The third-order valence-electron chi connectivity index (χ3n) is 7.24.